The summed E-state index contributed by atoms with van der Waals surface area (Å²) in [7, 11) is 0. The van der Waals surface area contributed by atoms with Crippen LogP contribution in [0.5, 0.6) is 0 Å². The first-order valence-corrected chi connectivity index (χ1v) is 7.36. The Hall–Kier alpha value is -2.46. The highest BCUT2D eigenvalue weighted by Crippen LogP contribution is 2.21. The van der Waals surface area contributed by atoms with Crippen LogP contribution in [0.3, 0.4) is 0 Å². The van der Waals surface area contributed by atoms with Crippen LogP contribution in [0.2, 0.25) is 0 Å². The van der Waals surface area contributed by atoms with Crippen LogP contribution in [0.15, 0.2) is 54.6 Å². The topological polar surface area (TPSA) is 46.2 Å². The Morgan fingerprint density at radius 3 is 2.33 bits per heavy atom. The summed E-state index contributed by atoms with van der Waals surface area (Å²) in [5.41, 5.74) is 0.747. The van der Waals surface area contributed by atoms with E-state index in [2.05, 4.69) is 5.32 Å². The number of anilines is 1. The fraction of sp³-hybridized carbons (Fsp3) is 0.0588. The smallest absolute Gasteiger partial charge is 0.265 e. The summed E-state index contributed by atoms with van der Waals surface area (Å²) >= 11 is 1.21. The van der Waals surface area contributed by atoms with E-state index in [-0.39, 0.29) is 11.7 Å². The monoisotopic (exact) mass is 295 g/mol. The summed E-state index contributed by atoms with van der Waals surface area (Å²) in [5, 5.41) is 5.07. The van der Waals surface area contributed by atoms with E-state index in [4.69, 9.17) is 0 Å². The molecule has 0 unspecified atom stereocenters. The fourth-order valence-electron chi connectivity index (χ4n) is 2.11. The van der Waals surface area contributed by atoms with E-state index in [1.165, 1.54) is 18.3 Å². The van der Waals surface area contributed by atoms with Gasteiger partial charge in [-0.15, -0.1) is 11.3 Å². The minimum absolute atomic E-state index is 0.0234. The minimum Gasteiger partial charge on any atom is -0.321 e. The van der Waals surface area contributed by atoms with Crippen LogP contribution in [0, 0.1) is 0 Å². The van der Waals surface area contributed by atoms with Crippen molar-refractivity contribution in [1.82, 2.24) is 0 Å². The zero-order chi connectivity index (χ0) is 14.8. The van der Waals surface area contributed by atoms with Crippen molar-refractivity contribution >= 4 is 39.5 Å². The van der Waals surface area contributed by atoms with Gasteiger partial charge < -0.3 is 5.32 Å². The molecule has 4 heteroatoms. The van der Waals surface area contributed by atoms with E-state index in [1.54, 1.807) is 12.1 Å². The van der Waals surface area contributed by atoms with Crippen molar-refractivity contribution in [2.24, 2.45) is 0 Å². The number of benzene rings is 2. The molecule has 0 bridgehead atoms. The summed E-state index contributed by atoms with van der Waals surface area (Å²) in [6.07, 6.45) is 0. The highest BCUT2D eigenvalue weighted by Gasteiger charge is 2.11. The number of hydrogen-bond acceptors (Lipinski definition) is 3. The lowest BCUT2D eigenvalue weighted by Gasteiger charge is -2.05. The van der Waals surface area contributed by atoms with E-state index in [0.29, 0.717) is 9.75 Å². The summed E-state index contributed by atoms with van der Waals surface area (Å²) < 4.78 is 0. The molecule has 2 aromatic carbocycles. The lowest BCUT2D eigenvalue weighted by Crippen LogP contribution is -2.09. The predicted octanol–water partition coefficient (Wildman–Crippen LogP) is 4.36. The Labute approximate surface area is 126 Å². The first-order chi connectivity index (χ1) is 10.1. The zero-order valence-corrected chi connectivity index (χ0v) is 12.2. The van der Waals surface area contributed by atoms with Gasteiger partial charge in [-0.25, -0.2) is 0 Å². The molecule has 3 rings (SSSR count). The number of rotatable bonds is 3. The molecule has 0 fully saturated rings. The number of nitrogens with one attached hydrogen (secondary N) is 1. The lowest BCUT2D eigenvalue weighted by atomic mass is 10.1. The molecule has 3 aromatic rings. The molecule has 0 spiro atoms. The summed E-state index contributed by atoms with van der Waals surface area (Å²) in [5.74, 6) is -0.215. The molecule has 0 aliphatic heterocycles. The van der Waals surface area contributed by atoms with Crippen LogP contribution in [0.1, 0.15) is 26.3 Å². The van der Waals surface area contributed by atoms with Gasteiger partial charge in [-0.2, -0.15) is 0 Å². The molecule has 0 saturated carbocycles. The van der Waals surface area contributed by atoms with Crippen LogP contribution in [-0.4, -0.2) is 11.7 Å². The van der Waals surface area contributed by atoms with E-state index >= 15 is 0 Å². The van der Waals surface area contributed by atoms with Gasteiger partial charge in [-0.3, -0.25) is 9.59 Å². The van der Waals surface area contributed by atoms with E-state index < -0.39 is 0 Å². The number of ketones is 1. The maximum Gasteiger partial charge on any atom is 0.265 e. The van der Waals surface area contributed by atoms with Crippen LogP contribution in [0.4, 0.5) is 5.69 Å². The molecule has 3 nitrogen and oxygen atoms in total. The normalized spacial score (nSPS) is 10.5. The molecule has 0 atom stereocenters. The summed E-state index contributed by atoms with van der Waals surface area (Å²) in [4.78, 5) is 24.6. The van der Waals surface area contributed by atoms with Gasteiger partial charge in [0.25, 0.3) is 5.91 Å². The molecule has 1 aromatic heterocycles. The molecule has 0 aliphatic carbocycles. The molecule has 104 valence electrons. The largest absolute Gasteiger partial charge is 0.321 e. The maximum atomic E-state index is 12.2. The van der Waals surface area contributed by atoms with Gasteiger partial charge in [0, 0.05) is 5.69 Å². The van der Waals surface area contributed by atoms with Gasteiger partial charge in [0.2, 0.25) is 0 Å². The second-order valence-electron chi connectivity index (χ2n) is 4.74. The van der Waals surface area contributed by atoms with E-state index in [1.807, 2.05) is 42.5 Å². The summed E-state index contributed by atoms with van der Waals surface area (Å²) in [6.45, 7) is 1.50. The van der Waals surface area contributed by atoms with Crippen molar-refractivity contribution < 1.29 is 9.59 Å². The van der Waals surface area contributed by atoms with Crippen LogP contribution >= 0.6 is 11.3 Å². The number of thiophene rings is 1. The maximum absolute atomic E-state index is 12.2. The molecule has 1 N–H and O–H groups in total. The fourth-order valence-corrected chi connectivity index (χ4v) is 2.91. The van der Waals surface area contributed by atoms with Crippen molar-refractivity contribution in [3.63, 3.8) is 0 Å². The van der Waals surface area contributed by atoms with Gasteiger partial charge in [0.15, 0.2) is 5.78 Å². The van der Waals surface area contributed by atoms with Crippen molar-refractivity contribution in [2.45, 2.75) is 6.92 Å². The molecule has 1 amide bonds. The van der Waals surface area contributed by atoms with E-state index in [9.17, 15) is 9.59 Å². The first kappa shape index (κ1) is 13.5. The van der Waals surface area contributed by atoms with E-state index in [0.717, 1.165) is 16.5 Å². The highest BCUT2D eigenvalue weighted by molar-refractivity contribution is 7.16. The van der Waals surface area contributed by atoms with Crippen LogP contribution < -0.4 is 5.32 Å². The quantitative estimate of drug-likeness (QED) is 0.730. The minimum atomic E-state index is -0.192. The summed E-state index contributed by atoms with van der Waals surface area (Å²) in [6, 6.07) is 17.1. The molecule has 0 saturated heterocycles. The lowest BCUT2D eigenvalue weighted by molar-refractivity contribution is 0.101. The average Bonchev–Trinajstić information content (AvgIpc) is 2.97. The number of carbonyl (C=O) groups is 2. The number of fused-ring (bicyclic) bond motifs is 1. The second-order valence-corrected chi connectivity index (χ2v) is 5.82. The molecular formula is C17H13NO2S. The van der Waals surface area contributed by atoms with Gasteiger partial charge in [0.1, 0.15) is 0 Å². The van der Waals surface area contributed by atoms with Gasteiger partial charge in [-0.1, -0.05) is 30.3 Å². The zero-order valence-electron chi connectivity index (χ0n) is 11.4. The third-order valence-corrected chi connectivity index (χ3v) is 4.37. The van der Waals surface area contributed by atoms with Crippen molar-refractivity contribution in [3.8, 4) is 0 Å². The SMILES string of the molecule is CC(=O)c1ccc(C(=O)Nc2ccc3ccccc3c2)s1. The standard InChI is InChI=1S/C17H13NO2S/c1-11(19)15-8-9-16(21-15)17(20)18-14-7-6-12-4-2-3-5-13(12)10-14/h2-10H,1H3,(H,18,20). The number of carbonyl (C=O) groups excluding carboxylic acids is 2. The molecule has 0 radical (unpaired) electrons. The van der Waals surface area contributed by atoms with Gasteiger partial charge in [0.05, 0.1) is 9.75 Å². The first-order valence-electron chi connectivity index (χ1n) is 6.54. The van der Waals surface area contributed by atoms with Crippen molar-refractivity contribution in [2.75, 3.05) is 5.32 Å². The Bertz CT molecular complexity index is 835. The number of hydrogen-bond donors (Lipinski definition) is 1. The molecule has 0 aliphatic rings. The van der Waals surface area contributed by atoms with Crippen molar-refractivity contribution in [3.05, 3.63) is 64.4 Å². The second kappa shape index (κ2) is 5.50. The molecule has 1 heterocycles. The number of Topliss-reactive ketones (excluding diaryl/α,β-unsaturated/α-hetero) is 1. The number of amides is 1. The van der Waals surface area contributed by atoms with Crippen molar-refractivity contribution in [1.29, 1.82) is 0 Å². The predicted molar refractivity (Wildman–Crippen MR) is 86.2 cm³/mol. The molecular weight excluding hydrogens is 282 g/mol. The molecule has 21 heavy (non-hydrogen) atoms. The van der Waals surface area contributed by atoms with Crippen LogP contribution in [-0.2, 0) is 0 Å². The Morgan fingerprint density at radius 1 is 0.905 bits per heavy atom. The van der Waals surface area contributed by atoms with Crippen LogP contribution in [0.25, 0.3) is 10.8 Å². The van der Waals surface area contributed by atoms with Gasteiger partial charge >= 0.3 is 0 Å². The Kier molecular flexibility index (Phi) is 3.54. The highest BCUT2D eigenvalue weighted by atomic mass is 32.1. The third-order valence-electron chi connectivity index (χ3n) is 3.18. The van der Waals surface area contributed by atoms with Gasteiger partial charge in [-0.05, 0) is 42.0 Å². The Morgan fingerprint density at radius 2 is 1.62 bits per heavy atom. The Balaban J connectivity index is 1.83. The average molecular weight is 295 g/mol. The third kappa shape index (κ3) is 2.85.